The van der Waals surface area contributed by atoms with Gasteiger partial charge in [0, 0.05) is 24.9 Å². The van der Waals surface area contributed by atoms with Crippen LogP contribution < -0.4 is 5.43 Å². The fourth-order valence-corrected chi connectivity index (χ4v) is 3.89. The van der Waals surface area contributed by atoms with Crippen molar-refractivity contribution >= 4 is 0 Å². The van der Waals surface area contributed by atoms with E-state index >= 15 is 0 Å². The van der Waals surface area contributed by atoms with Crippen molar-refractivity contribution < 1.29 is 18.3 Å². The summed E-state index contributed by atoms with van der Waals surface area (Å²) in [6.07, 6.45) is 8.11. The highest BCUT2D eigenvalue weighted by Crippen LogP contribution is 2.42. The number of nitrogens with zero attached hydrogens (tertiary/aromatic N) is 4. The molecule has 1 N–H and O–H groups in total. The average molecular weight is 440 g/mol. The van der Waals surface area contributed by atoms with Gasteiger partial charge >= 0.3 is 0 Å². The zero-order chi connectivity index (χ0) is 23.0. The smallest absolute Gasteiger partial charge is 0.242 e. The maximum Gasteiger partial charge on any atom is 0.242 e. The van der Waals surface area contributed by atoms with Crippen molar-refractivity contribution in [2.45, 2.75) is 25.4 Å². The average Bonchev–Trinajstić information content (AvgIpc) is 3.25. The summed E-state index contributed by atoms with van der Waals surface area (Å²) in [4.78, 5) is 16.3. The molecule has 2 atom stereocenters. The summed E-state index contributed by atoms with van der Waals surface area (Å²) in [5.41, 5.74) is 0.193. The van der Waals surface area contributed by atoms with Crippen LogP contribution in [0.1, 0.15) is 24.4 Å². The summed E-state index contributed by atoms with van der Waals surface area (Å²) in [5, 5.41) is 14.7. The second kappa shape index (κ2) is 8.33. The lowest BCUT2D eigenvalue weighted by atomic mass is 9.84. The number of imidazole rings is 1. The first kappa shape index (κ1) is 21.4. The molecule has 4 rings (SSSR count). The molecule has 9 heteroatoms. The van der Waals surface area contributed by atoms with Gasteiger partial charge in [-0.05, 0) is 36.3 Å². The van der Waals surface area contributed by atoms with Crippen LogP contribution in [0.2, 0.25) is 0 Å². The molecule has 32 heavy (non-hydrogen) atoms. The molecule has 0 fully saturated rings. The molecule has 0 spiro atoms. The Morgan fingerprint density at radius 3 is 2.81 bits per heavy atom. The topological polar surface area (TPSA) is 72.9 Å². The molecule has 1 aliphatic heterocycles. The number of benzene rings is 1. The van der Waals surface area contributed by atoms with Gasteiger partial charge in [-0.1, -0.05) is 24.8 Å². The van der Waals surface area contributed by atoms with Crippen molar-refractivity contribution in [3.8, 4) is 17.3 Å². The van der Waals surface area contributed by atoms with Crippen molar-refractivity contribution in [1.29, 1.82) is 0 Å². The minimum absolute atomic E-state index is 0.0998. The van der Waals surface area contributed by atoms with Gasteiger partial charge in [-0.3, -0.25) is 9.48 Å². The molecule has 0 aliphatic carbocycles. The van der Waals surface area contributed by atoms with Gasteiger partial charge < -0.3 is 9.67 Å². The van der Waals surface area contributed by atoms with Crippen molar-refractivity contribution in [1.82, 2.24) is 19.3 Å². The van der Waals surface area contributed by atoms with Crippen LogP contribution in [0.3, 0.4) is 0 Å². The summed E-state index contributed by atoms with van der Waals surface area (Å²) < 4.78 is 44.6. The van der Waals surface area contributed by atoms with Crippen LogP contribution in [0.5, 0.6) is 5.75 Å². The predicted octanol–water partition coefficient (Wildman–Crippen LogP) is 4.41. The van der Waals surface area contributed by atoms with Crippen LogP contribution in [0.25, 0.3) is 11.5 Å². The molecule has 1 aromatic carbocycles. The molecule has 0 unspecified atom stereocenters. The SMILES string of the molecule is C=C(/C=C\C(F)=C/C)[C@@H](c1ccc(F)c(F)c1)[C@H]1Cn2ccnc2-c2c(O)c(=O)cnn21. The lowest BCUT2D eigenvalue weighted by Gasteiger charge is -2.34. The van der Waals surface area contributed by atoms with Gasteiger partial charge in [-0.25, -0.2) is 18.2 Å². The fourth-order valence-electron chi connectivity index (χ4n) is 3.89. The lowest BCUT2D eigenvalue weighted by molar-refractivity contribution is 0.330. The Hall–Kier alpha value is -3.88. The summed E-state index contributed by atoms with van der Waals surface area (Å²) in [6, 6.07) is 2.86. The van der Waals surface area contributed by atoms with E-state index in [-0.39, 0.29) is 12.2 Å². The molecule has 1 aliphatic rings. The predicted molar refractivity (Wildman–Crippen MR) is 113 cm³/mol. The zero-order valence-electron chi connectivity index (χ0n) is 17.0. The van der Waals surface area contributed by atoms with E-state index in [1.807, 2.05) is 0 Å². The van der Waals surface area contributed by atoms with Gasteiger partial charge in [0.05, 0.1) is 12.2 Å². The molecule has 0 amide bonds. The number of fused-ring (bicyclic) bond motifs is 3. The number of allylic oxidation sites excluding steroid dienone is 5. The minimum Gasteiger partial charge on any atom is -0.503 e. The van der Waals surface area contributed by atoms with E-state index < -0.39 is 40.6 Å². The number of halogens is 3. The number of aromatic hydroxyl groups is 1. The number of hydrogen-bond acceptors (Lipinski definition) is 4. The molecule has 3 heterocycles. The first-order valence-corrected chi connectivity index (χ1v) is 9.77. The van der Waals surface area contributed by atoms with Crippen LogP contribution in [0.4, 0.5) is 13.2 Å². The summed E-state index contributed by atoms with van der Waals surface area (Å²) in [5.74, 6) is -3.42. The van der Waals surface area contributed by atoms with Crippen molar-refractivity contribution in [2.75, 3.05) is 0 Å². The van der Waals surface area contributed by atoms with Gasteiger partial charge in [0.1, 0.15) is 11.5 Å². The monoisotopic (exact) mass is 440 g/mol. The fraction of sp³-hybridized carbons (Fsp3) is 0.174. The van der Waals surface area contributed by atoms with E-state index in [9.17, 15) is 23.1 Å². The summed E-state index contributed by atoms with van der Waals surface area (Å²) in [6.45, 7) is 5.85. The van der Waals surface area contributed by atoms with Gasteiger partial charge in [-0.15, -0.1) is 0 Å². The highest BCUT2D eigenvalue weighted by atomic mass is 19.2. The second-order valence-electron chi connectivity index (χ2n) is 7.35. The standard InChI is InChI=1S/C23H19F3N4O2/c1-3-15(24)6-4-13(2)20(14-5-7-16(25)17(26)10-14)18-12-29-9-8-27-23(29)21-22(32)19(31)11-28-30(18)21/h3-11,18,20,32H,2,12H2,1H3/b6-4-,15-3+/t18-,20+/m1/s1. The Kier molecular flexibility index (Phi) is 5.56. The second-order valence-corrected chi connectivity index (χ2v) is 7.35. The van der Waals surface area contributed by atoms with E-state index in [1.165, 1.54) is 42.1 Å². The van der Waals surface area contributed by atoms with Gasteiger partial charge in [-0.2, -0.15) is 5.10 Å². The zero-order valence-corrected chi connectivity index (χ0v) is 17.0. The van der Waals surface area contributed by atoms with Gasteiger partial charge in [0.2, 0.25) is 5.43 Å². The van der Waals surface area contributed by atoms with Crippen molar-refractivity contribution in [3.63, 3.8) is 0 Å². The van der Waals surface area contributed by atoms with Crippen molar-refractivity contribution in [2.24, 2.45) is 0 Å². The first-order chi connectivity index (χ1) is 15.3. The largest absolute Gasteiger partial charge is 0.503 e. The normalized spacial score (nSPS) is 16.6. The minimum atomic E-state index is -1.04. The third-order valence-corrected chi connectivity index (χ3v) is 5.43. The van der Waals surface area contributed by atoms with Crippen LogP contribution in [0, 0.1) is 11.6 Å². The summed E-state index contributed by atoms with van der Waals surface area (Å²) >= 11 is 0. The van der Waals surface area contributed by atoms with Crippen LogP contribution in [0.15, 0.2) is 77.8 Å². The van der Waals surface area contributed by atoms with E-state index in [0.717, 1.165) is 18.3 Å². The van der Waals surface area contributed by atoms with E-state index in [4.69, 9.17) is 0 Å². The van der Waals surface area contributed by atoms with Crippen LogP contribution in [-0.4, -0.2) is 24.4 Å². The lowest BCUT2D eigenvalue weighted by Crippen LogP contribution is -2.32. The quantitative estimate of drug-likeness (QED) is 0.597. The van der Waals surface area contributed by atoms with Gasteiger partial charge in [0.25, 0.3) is 0 Å². The third-order valence-electron chi connectivity index (χ3n) is 5.43. The number of rotatable bonds is 5. The molecule has 164 valence electrons. The maximum absolute atomic E-state index is 14.1. The highest BCUT2D eigenvalue weighted by Gasteiger charge is 2.35. The molecule has 0 radical (unpaired) electrons. The van der Waals surface area contributed by atoms with E-state index in [0.29, 0.717) is 17.0 Å². The number of hydrogen-bond donors (Lipinski definition) is 1. The molecule has 0 saturated carbocycles. The van der Waals surface area contributed by atoms with Gasteiger partial charge in [0.15, 0.2) is 23.2 Å². The molecular weight excluding hydrogens is 421 g/mol. The molecule has 6 nitrogen and oxygen atoms in total. The maximum atomic E-state index is 14.1. The number of aromatic nitrogens is 4. The Balaban J connectivity index is 1.91. The Morgan fingerprint density at radius 1 is 1.31 bits per heavy atom. The third kappa shape index (κ3) is 3.66. The molecule has 3 aromatic rings. The van der Waals surface area contributed by atoms with Crippen LogP contribution >= 0.6 is 0 Å². The first-order valence-electron chi connectivity index (χ1n) is 9.77. The molecule has 0 bridgehead atoms. The highest BCUT2D eigenvalue weighted by molar-refractivity contribution is 5.60. The molecule has 0 saturated heterocycles. The van der Waals surface area contributed by atoms with Crippen molar-refractivity contribution in [3.05, 3.63) is 100 Å². The Labute approximate surface area is 181 Å². The Bertz CT molecular complexity index is 1320. The Morgan fingerprint density at radius 2 is 2.09 bits per heavy atom. The van der Waals surface area contributed by atoms with E-state index in [2.05, 4.69) is 16.7 Å². The molecule has 2 aromatic heterocycles. The van der Waals surface area contributed by atoms with E-state index in [1.54, 1.807) is 10.8 Å². The summed E-state index contributed by atoms with van der Waals surface area (Å²) in [7, 11) is 0. The molecular formula is C23H19F3N4O2. The van der Waals surface area contributed by atoms with Crippen LogP contribution in [-0.2, 0) is 6.54 Å².